The number of hydrogen-bond acceptors (Lipinski definition) is 6. The summed E-state index contributed by atoms with van der Waals surface area (Å²) in [6.45, 7) is 6.67. The number of aryl methyl sites for hydroxylation is 2. The zero-order valence-corrected chi connectivity index (χ0v) is 21.6. The second-order valence-electron chi connectivity index (χ2n) is 9.99. The molecule has 3 rings (SSSR count). The van der Waals surface area contributed by atoms with Crippen LogP contribution < -0.4 is 22.1 Å². The third-order valence-corrected chi connectivity index (χ3v) is 6.72. The molecule has 10 heteroatoms. The molecule has 0 spiro atoms. The molecule has 0 saturated carbocycles. The first-order valence-corrected chi connectivity index (χ1v) is 12.1. The van der Waals surface area contributed by atoms with Gasteiger partial charge in [0.1, 0.15) is 17.3 Å². The molecular formula is C27H35N5O5. The van der Waals surface area contributed by atoms with Gasteiger partial charge in [-0.3, -0.25) is 19.2 Å². The lowest BCUT2D eigenvalue weighted by Crippen LogP contribution is -2.62. The Labute approximate surface area is 216 Å². The molecule has 3 atom stereocenters. The van der Waals surface area contributed by atoms with E-state index in [4.69, 9.17) is 11.5 Å². The highest BCUT2D eigenvalue weighted by Crippen LogP contribution is 2.26. The van der Waals surface area contributed by atoms with Crippen molar-refractivity contribution in [1.29, 1.82) is 0 Å². The van der Waals surface area contributed by atoms with Gasteiger partial charge in [-0.25, -0.2) is 0 Å². The first kappa shape index (κ1) is 27.7. The Hall–Kier alpha value is -3.92. The molecular weight excluding hydrogens is 474 g/mol. The highest BCUT2D eigenvalue weighted by molar-refractivity contribution is 5.96. The predicted octanol–water partition coefficient (Wildman–Crippen LogP) is 0.329. The van der Waals surface area contributed by atoms with Crippen LogP contribution in [0, 0.1) is 13.8 Å². The molecule has 7 N–H and O–H groups in total. The van der Waals surface area contributed by atoms with Gasteiger partial charge in [-0.1, -0.05) is 24.3 Å². The van der Waals surface area contributed by atoms with Crippen LogP contribution in [0.4, 0.5) is 0 Å². The number of nitrogens with zero attached hydrogens (tertiary/aromatic N) is 1. The second kappa shape index (κ2) is 11.0. The van der Waals surface area contributed by atoms with Crippen molar-refractivity contribution in [1.82, 2.24) is 15.5 Å². The minimum atomic E-state index is -1.36. The number of phenols is 1. The van der Waals surface area contributed by atoms with Crippen molar-refractivity contribution in [2.45, 2.75) is 64.7 Å². The number of carbonyl (C=O) groups is 4. The number of phenolic OH excluding ortho intramolecular Hbond substituents is 1. The van der Waals surface area contributed by atoms with Crippen molar-refractivity contribution in [2.75, 3.05) is 6.54 Å². The summed E-state index contributed by atoms with van der Waals surface area (Å²) in [7, 11) is 0. The van der Waals surface area contributed by atoms with E-state index in [1.165, 1.54) is 11.8 Å². The molecule has 10 nitrogen and oxygen atoms in total. The number of carbonyl (C=O) groups excluding carboxylic acids is 4. The lowest BCUT2D eigenvalue weighted by atomic mass is 9.90. The summed E-state index contributed by atoms with van der Waals surface area (Å²) in [5.74, 6) is -2.04. The van der Waals surface area contributed by atoms with Gasteiger partial charge in [-0.2, -0.15) is 0 Å². The minimum Gasteiger partial charge on any atom is -0.508 e. The summed E-state index contributed by atoms with van der Waals surface area (Å²) < 4.78 is 0. The number of nitrogens with one attached hydrogen (secondary N) is 2. The van der Waals surface area contributed by atoms with E-state index < -0.39 is 41.3 Å². The Morgan fingerprint density at radius 2 is 1.70 bits per heavy atom. The third-order valence-electron chi connectivity index (χ3n) is 6.72. The summed E-state index contributed by atoms with van der Waals surface area (Å²) in [5, 5.41) is 15.1. The molecule has 0 aromatic heterocycles. The van der Waals surface area contributed by atoms with Crippen LogP contribution in [-0.2, 0) is 38.6 Å². The van der Waals surface area contributed by atoms with Gasteiger partial charge in [0.15, 0.2) is 0 Å². The molecule has 0 aliphatic carbocycles. The van der Waals surface area contributed by atoms with Gasteiger partial charge in [0.05, 0.1) is 12.6 Å². The summed E-state index contributed by atoms with van der Waals surface area (Å²) in [5.41, 5.74) is 14.3. The van der Waals surface area contributed by atoms with Crippen LogP contribution in [0.2, 0.25) is 0 Å². The van der Waals surface area contributed by atoms with Crippen molar-refractivity contribution in [3.05, 3.63) is 64.2 Å². The van der Waals surface area contributed by atoms with Crippen molar-refractivity contribution in [3.63, 3.8) is 0 Å². The molecule has 1 aliphatic rings. The Morgan fingerprint density at radius 1 is 1.11 bits per heavy atom. The number of rotatable bonds is 8. The van der Waals surface area contributed by atoms with E-state index in [1.54, 1.807) is 19.1 Å². The number of nitrogens with two attached hydrogens (primary N) is 2. The molecule has 0 saturated heterocycles. The molecule has 0 radical (unpaired) electrons. The number of aromatic hydroxyl groups is 1. The van der Waals surface area contributed by atoms with Crippen LogP contribution in [0.5, 0.6) is 5.75 Å². The van der Waals surface area contributed by atoms with E-state index in [1.807, 2.05) is 38.1 Å². The van der Waals surface area contributed by atoms with Gasteiger partial charge < -0.3 is 32.1 Å². The lowest BCUT2D eigenvalue weighted by Gasteiger charge is -2.33. The fourth-order valence-electron chi connectivity index (χ4n) is 4.75. The number of primary amides is 1. The van der Waals surface area contributed by atoms with Gasteiger partial charge in [0.25, 0.3) is 0 Å². The minimum absolute atomic E-state index is 0.139. The van der Waals surface area contributed by atoms with Gasteiger partial charge in [-0.05, 0) is 74.1 Å². The molecule has 2 aromatic carbocycles. The zero-order valence-electron chi connectivity index (χ0n) is 21.6. The first-order valence-electron chi connectivity index (χ1n) is 12.1. The molecule has 0 bridgehead atoms. The van der Waals surface area contributed by atoms with Crippen molar-refractivity contribution in [3.8, 4) is 5.75 Å². The van der Waals surface area contributed by atoms with Gasteiger partial charge in [0.2, 0.25) is 23.6 Å². The zero-order chi connectivity index (χ0) is 27.5. The molecule has 0 unspecified atom stereocenters. The molecule has 2 aromatic rings. The van der Waals surface area contributed by atoms with Crippen LogP contribution >= 0.6 is 0 Å². The fraction of sp³-hybridized carbons (Fsp3) is 0.407. The second-order valence-corrected chi connectivity index (χ2v) is 9.99. The van der Waals surface area contributed by atoms with E-state index in [0.717, 1.165) is 27.8 Å². The molecule has 198 valence electrons. The maximum absolute atomic E-state index is 13.4. The summed E-state index contributed by atoms with van der Waals surface area (Å²) in [6.07, 6.45) is 0.440. The number of hydrogen-bond donors (Lipinski definition) is 5. The Morgan fingerprint density at radius 3 is 2.30 bits per heavy atom. The van der Waals surface area contributed by atoms with E-state index in [-0.39, 0.29) is 31.7 Å². The lowest BCUT2D eigenvalue weighted by molar-refractivity contribution is -0.143. The summed E-state index contributed by atoms with van der Waals surface area (Å²) >= 11 is 0. The standard InChI is InChI=1S/C27H35N5O5/c1-15-9-20(33)10-16(2)21(15)11-22(28)25(36)30-17(3)24(35)31-27(4)12-18-7-5-6-8-19(18)13-32(26(27)37)14-23(29)34/h5-10,17,22,33H,11-14,28H2,1-4H3,(H2,29,34)(H,30,36)(H,31,35)/t17-,22+,27+/m1/s1. The van der Waals surface area contributed by atoms with Crippen molar-refractivity contribution >= 4 is 23.6 Å². The Balaban J connectivity index is 1.72. The van der Waals surface area contributed by atoms with E-state index in [2.05, 4.69) is 10.6 Å². The van der Waals surface area contributed by atoms with Gasteiger partial charge in [0, 0.05) is 13.0 Å². The Kier molecular flexibility index (Phi) is 8.22. The largest absolute Gasteiger partial charge is 0.508 e. The summed E-state index contributed by atoms with van der Waals surface area (Å²) in [6, 6.07) is 8.73. The average molecular weight is 510 g/mol. The SMILES string of the molecule is Cc1cc(O)cc(C)c1C[C@H](N)C(=O)N[C@H](C)C(=O)N[C@@]1(C)Cc2ccccc2CN(CC(N)=O)C1=O. The Bertz CT molecular complexity index is 1210. The van der Waals surface area contributed by atoms with E-state index in [0.29, 0.717) is 0 Å². The maximum Gasteiger partial charge on any atom is 0.249 e. The number of fused-ring (bicyclic) bond motifs is 1. The molecule has 0 fully saturated rings. The highest BCUT2D eigenvalue weighted by Gasteiger charge is 2.42. The molecule has 37 heavy (non-hydrogen) atoms. The smallest absolute Gasteiger partial charge is 0.249 e. The van der Waals surface area contributed by atoms with E-state index in [9.17, 15) is 24.3 Å². The van der Waals surface area contributed by atoms with Gasteiger partial charge in [-0.15, -0.1) is 0 Å². The predicted molar refractivity (Wildman–Crippen MR) is 138 cm³/mol. The summed E-state index contributed by atoms with van der Waals surface area (Å²) in [4.78, 5) is 52.3. The first-order chi connectivity index (χ1) is 17.3. The number of amides is 4. The molecule has 1 aliphatic heterocycles. The van der Waals surface area contributed by atoms with Gasteiger partial charge >= 0.3 is 0 Å². The van der Waals surface area contributed by atoms with E-state index >= 15 is 0 Å². The van der Waals surface area contributed by atoms with Crippen molar-refractivity contribution < 1.29 is 24.3 Å². The average Bonchev–Trinajstić information content (AvgIpc) is 2.90. The van der Waals surface area contributed by atoms with Crippen LogP contribution in [-0.4, -0.2) is 57.8 Å². The highest BCUT2D eigenvalue weighted by atomic mass is 16.3. The van der Waals surface area contributed by atoms with Crippen LogP contribution in [0.25, 0.3) is 0 Å². The third kappa shape index (κ3) is 6.45. The number of benzene rings is 2. The fourth-order valence-corrected chi connectivity index (χ4v) is 4.75. The van der Waals surface area contributed by atoms with Crippen LogP contribution in [0.15, 0.2) is 36.4 Å². The molecule has 4 amide bonds. The maximum atomic E-state index is 13.4. The monoisotopic (exact) mass is 509 g/mol. The van der Waals surface area contributed by atoms with Crippen molar-refractivity contribution in [2.24, 2.45) is 11.5 Å². The molecule has 1 heterocycles. The normalized spacial score (nSPS) is 18.8. The quantitative estimate of drug-likeness (QED) is 0.344. The van der Waals surface area contributed by atoms with Crippen LogP contribution in [0.1, 0.15) is 41.7 Å². The van der Waals surface area contributed by atoms with Crippen LogP contribution in [0.3, 0.4) is 0 Å². The topological polar surface area (TPSA) is 168 Å².